The van der Waals surface area contributed by atoms with E-state index in [2.05, 4.69) is 0 Å². The third-order valence-corrected chi connectivity index (χ3v) is 3.95. The van der Waals surface area contributed by atoms with Crippen LogP contribution in [0.5, 0.6) is 5.75 Å². The summed E-state index contributed by atoms with van der Waals surface area (Å²) in [5.74, 6) is 1.46. The van der Waals surface area contributed by atoms with Gasteiger partial charge in [0.2, 0.25) is 0 Å². The summed E-state index contributed by atoms with van der Waals surface area (Å²) >= 11 is 1.13. The van der Waals surface area contributed by atoms with E-state index in [1.807, 2.05) is 24.3 Å². The zero-order chi connectivity index (χ0) is 14.8. The van der Waals surface area contributed by atoms with Crippen LogP contribution in [0.1, 0.15) is 10.6 Å². The van der Waals surface area contributed by atoms with Gasteiger partial charge in [-0.15, -0.1) is 0 Å². The second-order valence-electron chi connectivity index (χ2n) is 4.32. The van der Waals surface area contributed by atoms with Crippen molar-refractivity contribution in [3.05, 3.63) is 57.1 Å². The first-order valence-electron chi connectivity index (χ1n) is 6.15. The Kier molecular flexibility index (Phi) is 3.45. The smallest absolute Gasteiger partial charge is 0.324 e. The van der Waals surface area contributed by atoms with E-state index in [1.165, 1.54) is 6.07 Å². The quantitative estimate of drug-likeness (QED) is 0.522. The lowest BCUT2D eigenvalue weighted by Gasteiger charge is -1.96. The number of thiophene rings is 1. The average Bonchev–Trinajstić information content (AvgIpc) is 3.10. The van der Waals surface area contributed by atoms with Crippen molar-refractivity contribution in [3.63, 3.8) is 0 Å². The van der Waals surface area contributed by atoms with Crippen LogP contribution in [0, 0.1) is 10.1 Å². The molecular weight excluding hydrogens is 290 g/mol. The summed E-state index contributed by atoms with van der Waals surface area (Å²) in [7, 11) is 1.62. The van der Waals surface area contributed by atoms with E-state index in [4.69, 9.17) is 9.15 Å². The second-order valence-corrected chi connectivity index (χ2v) is 5.41. The zero-order valence-electron chi connectivity index (χ0n) is 11.1. The van der Waals surface area contributed by atoms with Crippen molar-refractivity contribution in [1.29, 1.82) is 0 Å². The van der Waals surface area contributed by atoms with Gasteiger partial charge in [0.05, 0.1) is 12.0 Å². The molecule has 2 heterocycles. The minimum Gasteiger partial charge on any atom is -0.497 e. The molecular formula is C15H11NO4S. The van der Waals surface area contributed by atoms with Gasteiger partial charge in [-0.3, -0.25) is 10.1 Å². The summed E-state index contributed by atoms with van der Waals surface area (Å²) in [6.07, 6.45) is 3.59. The predicted molar refractivity (Wildman–Crippen MR) is 82.7 cm³/mol. The lowest BCUT2D eigenvalue weighted by Crippen LogP contribution is -1.80. The Hall–Kier alpha value is -2.60. The highest BCUT2D eigenvalue weighted by atomic mass is 32.1. The SMILES string of the molecule is COc1ccc2oc(/C=C/c3ccc([N+](=O)[O-])s3)cc2c1. The summed E-state index contributed by atoms with van der Waals surface area (Å²) in [5.41, 5.74) is 0.771. The molecule has 0 unspecified atom stereocenters. The normalized spacial score (nSPS) is 11.3. The van der Waals surface area contributed by atoms with E-state index in [0.29, 0.717) is 5.76 Å². The lowest BCUT2D eigenvalue weighted by atomic mass is 10.2. The van der Waals surface area contributed by atoms with Crippen molar-refractivity contribution >= 4 is 39.5 Å². The standard InChI is InChI=1S/C15H11NO4S/c1-19-11-3-6-14-10(8-11)9-12(20-14)2-4-13-5-7-15(21-13)16(17)18/h2-9H,1H3/b4-2+. The number of rotatable bonds is 4. The number of benzene rings is 1. The fourth-order valence-electron chi connectivity index (χ4n) is 1.95. The molecule has 0 bridgehead atoms. The summed E-state index contributed by atoms with van der Waals surface area (Å²) in [5, 5.41) is 11.7. The zero-order valence-corrected chi connectivity index (χ0v) is 11.9. The van der Waals surface area contributed by atoms with Crippen LogP contribution in [0.15, 0.2) is 40.8 Å². The lowest BCUT2D eigenvalue weighted by molar-refractivity contribution is -0.380. The molecule has 3 rings (SSSR count). The van der Waals surface area contributed by atoms with E-state index in [0.717, 1.165) is 32.9 Å². The summed E-state index contributed by atoms with van der Waals surface area (Å²) in [6, 6.07) is 10.7. The van der Waals surface area contributed by atoms with Crippen LogP contribution in [-0.4, -0.2) is 12.0 Å². The van der Waals surface area contributed by atoms with Gasteiger partial charge < -0.3 is 9.15 Å². The number of hydrogen-bond acceptors (Lipinski definition) is 5. The molecule has 0 atom stereocenters. The van der Waals surface area contributed by atoms with Gasteiger partial charge in [-0.05, 0) is 42.5 Å². The van der Waals surface area contributed by atoms with Crippen molar-refractivity contribution in [2.24, 2.45) is 0 Å². The van der Waals surface area contributed by atoms with E-state index >= 15 is 0 Å². The fourth-order valence-corrected chi connectivity index (χ4v) is 2.67. The maximum Gasteiger partial charge on any atom is 0.324 e. The molecule has 106 valence electrons. The molecule has 3 aromatic rings. The maximum absolute atomic E-state index is 10.6. The first kappa shape index (κ1) is 13.4. The maximum atomic E-state index is 10.6. The molecule has 0 spiro atoms. The summed E-state index contributed by atoms with van der Waals surface area (Å²) in [4.78, 5) is 11.0. The van der Waals surface area contributed by atoms with Crippen LogP contribution in [0.3, 0.4) is 0 Å². The monoisotopic (exact) mass is 301 g/mol. The fraction of sp³-hybridized carbons (Fsp3) is 0.0667. The predicted octanol–water partition coefficient (Wildman–Crippen LogP) is 4.58. The van der Waals surface area contributed by atoms with Crippen molar-refractivity contribution in [3.8, 4) is 5.75 Å². The van der Waals surface area contributed by atoms with Crippen LogP contribution in [0.2, 0.25) is 0 Å². The molecule has 1 aromatic carbocycles. The van der Waals surface area contributed by atoms with E-state index in [-0.39, 0.29) is 5.00 Å². The van der Waals surface area contributed by atoms with Gasteiger partial charge >= 0.3 is 5.00 Å². The number of furan rings is 1. The Morgan fingerprint density at radius 2 is 2.10 bits per heavy atom. The van der Waals surface area contributed by atoms with Gasteiger partial charge in [-0.25, -0.2) is 0 Å². The van der Waals surface area contributed by atoms with Gasteiger partial charge in [0, 0.05) is 16.3 Å². The molecule has 0 fully saturated rings. The minimum atomic E-state index is -0.393. The molecule has 2 aromatic heterocycles. The molecule has 21 heavy (non-hydrogen) atoms. The number of ether oxygens (including phenoxy) is 1. The van der Waals surface area contributed by atoms with Crippen LogP contribution in [-0.2, 0) is 0 Å². The Bertz CT molecular complexity index is 831. The Morgan fingerprint density at radius 3 is 2.81 bits per heavy atom. The van der Waals surface area contributed by atoms with E-state index in [9.17, 15) is 10.1 Å². The molecule has 0 saturated heterocycles. The van der Waals surface area contributed by atoms with E-state index in [1.54, 1.807) is 25.3 Å². The largest absolute Gasteiger partial charge is 0.497 e. The summed E-state index contributed by atoms with van der Waals surface area (Å²) in [6.45, 7) is 0. The third kappa shape index (κ3) is 2.80. The molecule has 0 aliphatic carbocycles. The van der Waals surface area contributed by atoms with Gasteiger partial charge in [0.15, 0.2) is 0 Å². The van der Waals surface area contributed by atoms with Crippen LogP contribution < -0.4 is 4.74 Å². The van der Waals surface area contributed by atoms with Gasteiger partial charge in [0.25, 0.3) is 0 Å². The molecule has 0 aliphatic heterocycles. The van der Waals surface area contributed by atoms with Crippen molar-refractivity contribution in [2.75, 3.05) is 7.11 Å². The van der Waals surface area contributed by atoms with Gasteiger partial charge in [0.1, 0.15) is 17.1 Å². The first-order valence-corrected chi connectivity index (χ1v) is 6.97. The first-order chi connectivity index (χ1) is 10.2. The van der Waals surface area contributed by atoms with Crippen LogP contribution in [0.4, 0.5) is 5.00 Å². The van der Waals surface area contributed by atoms with E-state index < -0.39 is 4.92 Å². The number of nitro groups is 1. The third-order valence-electron chi connectivity index (χ3n) is 2.95. The molecule has 0 radical (unpaired) electrons. The molecule has 0 N–H and O–H groups in total. The van der Waals surface area contributed by atoms with Crippen molar-refractivity contribution < 1.29 is 14.1 Å². The van der Waals surface area contributed by atoms with Crippen molar-refractivity contribution in [1.82, 2.24) is 0 Å². The average molecular weight is 301 g/mol. The number of nitrogens with zero attached hydrogens (tertiary/aromatic N) is 1. The topological polar surface area (TPSA) is 65.5 Å². The van der Waals surface area contributed by atoms with Crippen LogP contribution >= 0.6 is 11.3 Å². The second kappa shape index (κ2) is 5.41. The highest BCUT2D eigenvalue weighted by Crippen LogP contribution is 2.28. The minimum absolute atomic E-state index is 0.129. The molecule has 0 amide bonds. The highest BCUT2D eigenvalue weighted by molar-refractivity contribution is 7.16. The summed E-state index contributed by atoms with van der Waals surface area (Å²) < 4.78 is 10.8. The van der Waals surface area contributed by atoms with Crippen LogP contribution in [0.25, 0.3) is 23.1 Å². The number of hydrogen-bond donors (Lipinski definition) is 0. The Balaban J connectivity index is 1.86. The number of fused-ring (bicyclic) bond motifs is 1. The van der Waals surface area contributed by atoms with Crippen molar-refractivity contribution in [2.45, 2.75) is 0 Å². The molecule has 0 aliphatic rings. The van der Waals surface area contributed by atoms with Gasteiger partial charge in [-0.2, -0.15) is 0 Å². The molecule has 0 saturated carbocycles. The highest BCUT2D eigenvalue weighted by Gasteiger charge is 2.08. The Morgan fingerprint density at radius 1 is 1.24 bits per heavy atom. The molecule has 6 heteroatoms. The Labute approximate surface area is 124 Å². The van der Waals surface area contributed by atoms with Gasteiger partial charge in [-0.1, -0.05) is 11.3 Å². The number of methoxy groups -OCH3 is 1. The molecule has 5 nitrogen and oxygen atoms in total.